The number of phenols is 2. The van der Waals surface area contributed by atoms with E-state index in [1.165, 1.54) is 44.5 Å². The number of nitrogens with one attached hydrogen (secondary N) is 3. The number of carbonyl (C=O) groups excluding carboxylic acids is 1. The third kappa shape index (κ3) is 5.72. The summed E-state index contributed by atoms with van der Waals surface area (Å²) in [7, 11) is -1.18. The van der Waals surface area contributed by atoms with E-state index in [1.54, 1.807) is 6.07 Å². The van der Waals surface area contributed by atoms with Crippen molar-refractivity contribution in [2.24, 2.45) is 0 Å². The Kier molecular flexibility index (Phi) is 7.23. The predicted molar refractivity (Wildman–Crippen MR) is 111 cm³/mol. The van der Waals surface area contributed by atoms with Crippen molar-refractivity contribution in [3.8, 4) is 17.2 Å². The molecule has 0 aliphatic heterocycles. The highest BCUT2D eigenvalue weighted by Crippen LogP contribution is 2.24. The lowest BCUT2D eigenvalue weighted by molar-refractivity contribution is 0.0950. The van der Waals surface area contributed by atoms with Gasteiger partial charge in [0.15, 0.2) is 5.11 Å². The summed E-state index contributed by atoms with van der Waals surface area (Å²) in [5, 5.41) is 24.5. The minimum absolute atomic E-state index is 0.0729. The largest absolute Gasteiger partial charge is 0.508 e. The van der Waals surface area contributed by atoms with Crippen molar-refractivity contribution in [2.45, 2.75) is 11.3 Å². The Labute approximate surface area is 173 Å². The molecule has 2 rings (SSSR count). The fraction of sp³-hybridized carbons (Fsp3) is 0.222. The first-order chi connectivity index (χ1) is 13.7. The maximum Gasteiger partial charge on any atom is 0.267 e. The Hall–Kier alpha value is -3.05. The summed E-state index contributed by atoms with van der Waals surface area (Å²) >= 11 is 4.80. The summed E-state index contributed by atoms with van der Waals surface area (Å²) in [4.78, 5) is 12.0. The van der Waals surface area contributed by atoms with Gasteiger partial charge in [-0.05, 0) is 54.5 Å². The lowest BCUT2D eigenvalue weighted by Crippen LogP contribution is -2.37. The zero-order valence-electron chi connectivity index (χ0n) is 15.7. The fourth-order valence-corrected chi connectivity index (χ4v) is 3.88. The molecule has 11 heteroatoms. The molecule has 0 bridgehead atoms. The van der Waals surface area contributed by atoms with Crippen LogP contribution >= 0.6 is 12.2 Å². The Morgan fingerprint density at radius 3 is 2.55 bits per heavy atom. The van der Waals surface area contributed by atoms with Crippen molar-refractivity contribution in [1.82, 2.24) is 15.4 Å². The summed E-state index contributed by atoms with van der Waals surface area (Å²) in [6, 6.07) is 8.27. The third-order valence-corrected chi connectivity index (χ3v) is 5.71. The predicted octanol–water partition coefficient (Wildman–Crippen LogP) is 0.861. The van der Waals surface area contributed by atoms with Crippen LogP contribution in [0.25, 0.3) is 0 Å². The Morgan fingerprint density at radius 1 is 1.17 bits per heavy atom. The molecule has 156 valence electrons. The highest BCUT2D eigenvalue weighted by atomic mass is 32.2. The molecule has 0 aromatic heterocycles. The van der Waals surface area contributed by atoms with Crippen molar-refractivity contribution < 1.29 is 28.2 Å². The van der Waals surface area contributed by atoms with Crippen LogP contribution in [0.5, 0.6) is 17.2 Å². The van der Waals surface area contributed by atoms with E-state index in [1.807, 2.05) is 0 Å². The molecule has 0 unspecified atom stereocenters. The molecule has 2 aromatic rings. The first kappa shape index (κ1) is 22.2. The monoisotopic (exact) mass is 439 g/mol. The number of methoxy groups -OCH3 is 1. The zero-order valence-corrected chi connectivity index (χ0v) is 17.4. The number of hydrogen-bond acceptors (Lipinski definition) is 7. The number of carbonyl (C=O) groups is 1. The van der Waals surface area contributed by atoms with Gasteiger partial charge < -0.3 is 25.6 Å². The van der Waals surface area contributed by atoms with Crippen LogP contribution in [0.3, 0.4) is 0 Å². The number of ether oxygens (including phenoxy) is 1. The van der Waals surface area contributed by atoms with E-state index in [-0.39, 0.29) is 27.9 Å². The summed E-state index contributed by atoms with van der Waals surface area (Å²) in [6.45, 7) is 0.185. The summed E-state index contributed by atoms with van der Waals surface area (Å²) in [5.74, 6) is -0.639. The number of sulfonamides is 1. The number of thiocarbonyl (C=S) groups is 1. The van der Waals surface area contributed by atoms with Crippen molar-refractivity contribution in [3.63, 3.8) is 0 Å². The van der Waals surface area contributed by atoms with E-state index in [0.29, 0.717) is 17.7 Å². The lowest BCUT2D eigenvalue weighted by Gasteiger charge is -2.12. The van der Waals surface area contributed by atoms with Crippen molar-refractivity contribution >= 4 is 33.3 Å². The highest BCUT2D eigenvalue weighted by Gasteiger charge is 2.20. The molecule has 0 saturated heterocycles. The van der Waals surface area contributed by atoms with Gasteiger partial charge in [-0.2, -0.15) is 0 Å². The standard InChI is InChI=1S/C18H21N3O6S2/c1-19-18(28)21-29(25,26)16-9-11(3-5-14(16)23)7-8-20-17(24)13-10-12(22)4-6-15(13)27-2/h3-6,9-10,22-23H,7-8H2,1-2H3,(H,20,24)(H2,19,21,28). The molecule has 9 nitrogen and oxygen atoms in total. The summed E-state index contributed by atoms with van der Waals surface area (Å²) in [6.07, 6.45) is 0.298. The molecule has 1 amide bonds. The van der Waals surface area contributed by atoms with Crippen molar-refractivity contribution in [2.75, 3.05) is 20.7 Å². The maximum atomic E-state index is 12.3. The van der Waals surface area contributed by atoms with E-state index in [9.17, 15) is 23.4 Å². The lowest BCUT2D eigenvalue weighted by atomic mass is 10.1. The maximum absolute atomic E-state index is 12.3. The number of amides is 1. The molecule has 29 heavy (non-hydrogen) atoms. The quantitative estimate of drug-likeness (QED) is 0.401. The number of aromatic hydroxyl groups is 2. The minimum atomic E-state index is -4.06. The number of hydrogen-bond donors (Lipinski definition) is 5. The normalized spacial score (nSPS) is 10.8. The first-order valence-corrected chi connectivity index (χ1v) is 10.3. The fourth-order valence-electron chi connectivity index (χ4n) is 2.45. The van der Waals surface area contributed by atoms with Crippen LogP contribution in [0, 0.1) is 0 Å². The van der Waals surface area contributed by atoms with Gasteiger partial charge in [0.1, 0.15) is 22.1 Å². The summed E-state index contributed by atoms with van der Waals surface area (Å²) < 4.78 is 31.9. The van der Waals surface area contributed by atoms with Gasteiger partial charge in [-0.15, -0.1) is 0 Å². The smallest absolute Gasteiger partial charge is 0.267 e. The first-order valence-electron chi connectivity index (χ1n) is 8.39. The second-order valence-electron chi connectivity index (χ2n) is 5.88. The van der Waals surface area contributed by atoms with E-state index < -0.39 is 21.7 Å². The van der Waals surface area contributed by atoms with E-state index in [2.05, 4.69) is 15.4 Å². The van der Waals surface area contributed by atoms with Gasteiger partial charge in [0.25, 0.3) is 15.9 Å². The molecule has 0 heterocycles. The second-order valence-corrected chi connectivity index (χ2v) is 7.94. The Bertz CT molecular complexity index is 1020. The molecular weight excluding hydrogens is 418 g/mol. The van der Waals surface area contributed by atoms with Gasteiger partial charge >= 0.3 is 0 Å². The summed E-state index contributed by atoms with van der Waals surface area (Å²) in [5.41, 5.74) is 0.743. The number of benzene rings is 2. The van der Waals surface area contributed by atoms with Crippen LogP contribution < -0.4 is 20.1 Å². The molecule has 0 saturated carbocycles. The van der Waals surface area contributed by atoms with Crippen LogP contribution in [-0.2, 0) is 16.4 Å². The van der Waals surface area contributed by atoms with Crippen molar-refractivity contribution in [3.05, 3.63) is 47.5 Å². The van der Waals surface area contributed by atoms with Gasteiger partial charge in [0, 0.05) is 13.6 Å². The van der Waals surface area contributed by atoms with Crippen LogP contribution in [0.4, 0.5) is 0 Å². The molecule has 0 aliphatic rings. The Morgan fingerprint density at radius 2 is 1.90 bits per heavy atom. The van der Waals surface area contributed by atoms with E-state index in [0.717, 1.165) is 0 Å². The molecular formula is C18H21N3O6S2. The van der Waals surface area contributed by atoms with Crippen molar-refractivity contribution in [1.29, 1.82) is 0 Å². The number of rotatable bonds is 7. The highest BCUT2D eigenvalue weighted by molar-refractivity contribution is 7.92. The van der Waals surface area contributed by atoms with Crippen LogP contribution in [0.15, 0.2) is 41.3 Å². The van der Waals surface area contributed by atoms with E-state index >= 15 is 0 Å². The zero-order chi connectivity index (χ0) is 21.6. The van der Waals surface area contributed by atoms with Gasteiger partial charge in [-0.1, -0.05) is 6.07 Å². The average molecular weight is 440 g/mol. The van der Waals surface area contributed by atoms with Gasteiger partial charge in [-0.3, -0.25) is 9.52 Å². The molecule has 2 aromatic carbocycles. The average Bonchev–Trinajstić information content (AvgIpc) is 2.68. The van der Waals surface area contributed by atoms with Crippen LogP contribution in [0.2, 0.25) is 0 Å². The molecule has 0 aliphatic carbocycles. The molecule has 0 spiro atoms. The second kappa shape index (κ2) is 9.43. The SMILES string of the molecule is CNC(=S)NS(=O)(=O)c1cc(CCNC(=O)c2cc(O)ccc2OC)ccc1O. The molecule has 5 N–H and O–H groups in total. The number of phenolic OH excluding ortho intramolecular Hbond substituents is 2. The van der Waals surface area contributed by atoms with Crippen LogP contribution in [-0.4, -0.2) is 50.4 Å². The van der Waals surface area contributed by atoms with Gasteiger partial charge in [-0.25, -0.2) is 8.42 Å². The van der Waals surface area contributed by atoms with Gasteiger partial charge in [0.2, 0.25) is 0 Å². The van der Waals surface area contributed by atoms with Crippen LogP contribution in [0.1, 0.15) is 15.9 Å². The third-order valence-electron chi connectivity index (χ3n) is 3.89. The molecule has 0 fully saturated rings. The van der Waals surface area contributed by atoms with E-state index in [4.69, 9.17) is 17.0 Å². The molecule has 0 radical (unpaired) electrons. The topological polar surface area (TPSA) is 137 Å². The van der Waals surface area contributed by atoms with Gasteiger partial charge in [0.05, 0.1) is 12.7 Å². The molecule has 0 atom stereocenters. The minimum Gasteiger partial charge on any atom is -0.508 e. The Balaban J connectivity index is 2.09.